The van der Waals surface area contributed by atoms with Gasteiger partial charge in [0.2, 0.25) is 0 Å². The van der Waals surface area contributed by atoms with Gasteiger partial charge in [0.05, 0.1) is 12.1 Å². The van der Waals surface area contributed by atoms with Gasteiger partial charge in [0.1, 0.15) is 0 Å². The monoisotopic (exact) mass is 450 g/mol. The van der Waals surface area contributed by atoms with Gasteiger partial charge in [0.25, 0.3) is 0 Å². The Bertz CT molecular complexity index is 474. The molecule has 0 heterocycles. The number of hydrogen-bond donors (Lipinski definition) is 4. The van der Waals surface area contributed by atoms with Crippen LogP contribution < -0.4 is 11.1 Å². The van der Waals surface area contributed by atoms with Gasteiger partial charge < -0.3 is 21.3 Å². The van der Waals surface area contributed by atoms with E-state index in [0.717, 1.165) is 25.7 Å². The van der Waals surface area contributed by atoms with E-state index in [9.17, 15) is 14.7 Å². The first-order valence-corrected chi connectivity index (χ1v) is 12.0. The van der Waals surface area contributed by atoms with Crippen molar-refractivity contribution in [3.05, 3.63) is 12.2 Å². The van der Waals surface area contributed by atoms with E-state index in [1.165, 1.54) is 57.8 Å². The first-order valence-electron chi connectivity index (χ1n) is 12.0. The van der Waals surface area contributed by atoms with Crippen molar-refractivity contribution < 1.29 is 19.8 Å². The van der Waals surface area contributed by atoms with E-state index in [4.69, 9.17) is 10.8 Å². The van der Waals surface area contributed by atoms with Crippen LogP contribution in [0.1, 0.15) is 103 Å². The number of carbonyl (C=O) groups is 2. The minimum atomic E-state index is -1.19. The molecule has 7 heteroatoms. The number of Topliss-reactive ketones (excluding diaryl/α,β-unsaturated/α-hetero) is 1. The fourth-order valence-corrected chi connectivity index (χ4v) is 3.52. The average molecular weight is 451 g/mol. The Morgan fingerprint density at radius 1 is 0.903 bits per heavy atom. The number of carbonyl (C=O) groups excluding carboxylic acids is 1. The summed E-state index contributed by atoms with van der Waals surface area (Å²) in [5, 5.41) is 20.6. The van der Waals surface area contributed by atoms with E-state index in [-0.39, 0.29) is 61.5 Å². The van der Waals surface area contributed by atoms with Crippen LogP contribution in [0.4, 0.5) is 0 Å². The van der Waals surface area contributed by atoms with E-state index in [0.29, 0.717) is 6.42 Å². The van der Waals surface area contributed by atoms with Crippen LogP contribution in [-0.4, -0.2) is 76.8 Å². The van der Waals surface area contributed by atoms with Gasteiger partial charge in [-0.3, -0.25) is 9.59 Å². The molecule has 0 aliphatic heterocycles. The van der Waals surface area contributed by atoms with E-state index < -0.39 is 11.5 Å². The Morgan fingerprint density at radius 2 is 1.42 bits per heavy atom. The molecule has 0 aromatic heterocycles. The van der Waals surface area contributed by atoms with E-state index in [2.05, 4.69) is 24.4 Å². The first kappa shape index (κ1) is 32.9. The van der Waals surface area contributed by atoms with Crippen LogP contribution in [0.2, 0.25) is 0 Å². The van der Waals surface area contributed by atoms with E-state index >= 15 is 0 Å². The van der Waals surface area contributed by atoms with Crippen molar-refractivity contribution in [3.8, 4) is 0 Å². The summed E-state index contributed by atoms with van der Waals surface area (Å²) >= 11 is 0. The Kier molecular flexibility index (Phi) is 24.4. The average Bonchev–Trinajstić information content (AvgIpc) is 2.70. The summed E-state index contributed by atoms with van der Waals surface area (Å²) in [5.41, 5.74) is 4.94. The number of aliphatic carboxylic acids is 1. The van der Waals surface area contributed by atoms with Gasteiger partial charge in [-0.15, -0.1) is 0 Å². The topological polar surface area (TPSA) is 113 Å². The summed E-state index contributed by atoms with van der Waals surface area (Å²) in [7, 11) is 0. The standard InChI is InChI=1S/C24H46N2O4.Na.H/c1-2-3-4-5-6-7-8-9-10-11-12-13-14-15-16-17-22(28)24(25,18-19-27)21-26-20-23(29)30;;/h9-10,26-27H,2-8,11-21,25H2,1H3,(H,29,30);;/b10-9-;;. The van der Waals surface area contributed by atoms with Crippen molar-refractivity contribution in [2.45, 2.75) is 109 Å². The minimum absolute atomic E-state index is 0. The summed E-state index contributed by atoms with van der Waals surface area (Å²) in [4.78, 5) is 23.0. The van der Waals surface area contributed by atoms with E-state index in [1.54, 1.807) is 0 Å². The Morgan fingerprint density at radius 3 is 1.94 bits per heavy atom. The molecule has 1 unspecified atom stereocenters. The molecule has 178 valence electrons. The number of ketones is 1. The molecule has 0 spiro atoms. The zero-order valence-corrected chi connectivity index (χ0v) is 19.2. The van der Waals surface area contributed by atoms with Crippen molar-refractivity contribution in [1.29, 1.82) is 0 Å². The molecule has 0 amide bonds. The molecular weight excluding hydrogens is 403 g/mol. The van der Waals surface area contributed by atoms with Gasteiger partial charge in [-0.2, -0.15) is 0 Å². The normalized spacial score (nSPS) is 13.1. The van der Waals surface area contributed by atoms with Crippen LogP contribution in [0.15, 0.2) is 12.2 Å². The molecule has 0 rings (SSSR count). The molecule has 0 radical (unpaired) electrons. The van der Waals surface area contributed by atoms with Gasteiger partial charge >= 0.3 is 35.5 Å². The van der Waals surface area contributed by atoms with Crippen molar-refractivity contribution in [3.63, 3.8) is 0 Å². The molecule has 0 bridgehead atoms. The van der Waals surface area contributed by atoms with Crippen molar-refractivity contribution in [2.24, 2.45) is 5.73 Å². The van der Waals surface area contributed by atoms with Crippen molar-refractivity contribution in [1.82, 2.24) is 5.32 Å². The fraction of sp³-hybridized carbons (Fsp3) is 0.833. The van der Waals surface area contributed by atoms with Gasteiger partial charge in [-0.1, -0.05) is 70.4 Å². The maximum absolute atomic E-state index is 12.4. The number of rotatable bonds is 22. The summed E-state index contributed by atoms with van der Waals surface area (Å²) in [5.74, 6) is -1.10. The van der Waals surface area contributed by atoms with Crippen LogP contribution in [0.25, 0.3) is 0 Å². The van der Waals surface area contributed by atoms with Crippen LogP contribution in [0.5, 0.6) is 0 Å². The van der Waals surface area contributed by atoms with Crippen LogP contribution >= 0.6 is 0 Å². The summed E-state index contributed by atoms with van der Waals surface area (Å²) in [6, 6.07) is 0. The number of aliphatic hydroxyl groups is 1. The third kappa shape index (κ3) is 20.1. The zero-order chi connectivity index (χ0) is 22.5. The first-order chi connectivity index (χ1) is 14.5. The maximum atomic E-state index is 12.4. The summed E-state index contributed by atoms with van der Waals surface area (Å²) in [6.45, 7) is 1.88. The predicted molar refractivity (Wildman–Crippen MR) is 131 cm³/mol. The van der Waals surface area contributed by atoms with Crippen molar-refractivity contribution >= 4 is 41.3 Å². The second-order valence-electron chi connectivity index (χ2n) is 8.38. The SMILES string of the molecule is CCCCCCCC/C=C\CCCCCCCC(=O)C(N)(CCO)CNCC(=O)O.[NaH]. The molecule has 5 N–H and O–H groups in total. The third-order valence-electron chi connectivity index (χ3n) is 5.50. The number of hydrogen-bond acceptors (Lipinski definition) is 5. The number of allylic oxidation sites excluding steroid dienone is 2. The van der Waals surface area contributed by atoms with Crippen LogP contribution in [0, 0.1) is 0 Å². The molecule has 0 aromatic rings. The molecule has 1 atom stereocenters. The Balaban J connectivity index is 0. The van der Waals surface area contributed by atoms with Gasteiger partial charge in [0.15, 0.2) is 5.78 Å². The molecule has 0 fully saturated rings. The fourth-order valence-electron chi connectivity index (χ4n) is 3.52. The van der Waals surface area contributed by atoms with Crippen molar-refractivity contribution in [2.75, 3.05) is 19.7 Å². The molecular formula is C24H47N2NaO4. The molecule has 0 aliphatic carbocycles. The van der Waals surface area contributed by atoms with Gasteiger partial charge in [-0.05, 0) is 38.5 Å². The molecule has 6 nitrogen and oxygen atoms in total. The number of carboxylic acid groups (broad SMARTS) is 1. The Hall–Kier alpha value is -0.240. The third-order valence-corrected chi connectivity index (χ3v) is 5.50. The predicted octanol–water partition coefficient (Wildman–Crippen LogP) is 3.70. The van der Waals surface area contributed by atoms with Gasteiger partial charge in [-0.25, -0.2) is 0 Å². The van der Waals surface area contributed by atoms with Crippen LogP contribution in [0.3, 0.4) is 0 Å². The number of unbranched alkanes of at least 4 members (excludes halogenated alkanes) is 11. The number of nitrogens with one attached hydrogen (secondary N) is 1. The summed E-state index contributed by atoms with van der Waals surface area (Å²) < 4.78 is 0. The second kappa shape index (κ2) is 22.9. The quantitative estimate of drug-likeness (QED) is 0.114. The van der Waals surface area contributed by atoms with Crippen LogP contribution in [-0.2, 0) is 9.59 Å². The Labute approximate surface area is 212 Å². The number of aliphatic hydroxyl groups excluding tert-OH is 1. The van der Waals surface area contributed by atoms with E-state index in [1.807, 2.05) is 0 Å². The second-order valence-corrected chi connectivity index (χ2v) is 8.38. The molecule has 31 heavy (non-hydrogen) atoms. The number of carboxylic acids is 1. The summed E-state index contributed by atoms with van der Waals surface area (Å²) in [6.07, 6.45) is 20.8. The zero-order valence-electron chi connectivity index (χ0n) is 19.2. The molecule has 0 saturated heterocycles. The molecule has 0 aromatic carbocycles. The molecule has 0 aliphatic rings. The van der Waals surface area contributed by atoms with Gasteiger partial charge in [0, 0.05) is 19.6 Å². The molecule has 0 saturated carbocycles. The number of nitrogens with two attached hydrogens (primary N) is 1.